The lowest BCUT2D eigenvalue weighted by molar-refractivity contribution is 0.102. The monoisotopic (exact) mass is 330 g/mol. The van der Waals surface area contributed by atoms with Gasteiger partial charge in [0.05, 0.1) is 0 Å². The average Bonchev–Trinajstić information content (AvgIpc) is 2.62. The SMILES string of the molecule is Cc1cccnc1NC(=O)c1cc2c(ccc3ccccc32)oc1=O. The molecule has 1 N–H and O–H groups in total. The molecular formula is C20H14N2O3. The fraction of sp³-hybridized carbons (Fsp3) is 0.0500. The maximum absolute atomic E-state index is 12.6. The van der Waals surface area contributed by atoms with E-state index in [4.69, 9.17) is 4.42 Å². The van der Waals surface area contributed by atoms with E-state index in [0.717, 1.165) is 21.7 Å². The van der Waals surface area contributed by atoms with Crippen LogP contribution in [0.5, 0.6) is 0 Å². The van der Waals surface area contributed by atoms with Crippen molar-refractivity contribution in [2.24, 2.45) is 0 Å². The minimum atomic E-state index is -0.672. The second kappa shape index (κ2) is 5.87. The summed E-state index contributed by atoms with van der Waals surface area (Å²) in [6.07, 6.45) is 1.58. The number of rotatable bonds is 2. The van der Waals surface area contributed by atoms with Gasteiger partial charge < -0.3 is 9.73 Å². The zero-order valence-electron chi connectivity index (χ0n) is 13.4. The molecule has 5 heteroatoms. The summed E-state index contributed by atoms with van der Waals surface area (Å²) < 4.78 is 5.35. The third-order valence-electron chi connectivity index (χ3n) is 4.13. The van der Waals surface area contributed by atoms with Crippen LogP contribution in [0.15, 0.2) is 70.0 Å². The topological polar surface area (TPSA) is 72.2 Å². The van der Waals surface area contributed by atoms with Crippen molar-refractivity contribution in [2.45, 2.75) is 6.92 Å². The Hall–Kier alpha value is -3.47. The predicted molar refractivity (Wildman–Crippen MR) is 96.9 cm³/mol. The molecule has 2 heterocycles. The zero-order chi connectivity index (χ0) is 17.4. The number of pyridine rings is 1. The smallest absolute Gasteiger partial charge is 0.349 e. The van der Waals surface area contributed by atoms with Gasteiger partial charge in [-0.2, -0.15) is 0 Å². The Kier molecular flexibility index (Phi) is 3.54. The number of fused-ring (bicyclic) bond motifs is 3. The number of aryl methyl sites for hydroxylation is 1. The maximum Gasteiger partial charge on any atom is 0.349 e. The molecule has 0 fully saturated rings. The summed E-state index contributed by atoms with van der Waals surface area (Å²) in [6.45, 7) is 1.83. The van der Waals surface area contributed by atoms with Gasteiger partial charge in [-0.15, -0.1) is 0 Å². The highest BCUT2D eigenvalue weighted by Gasteiger charge is 2.16. The van der Waals surface area contributed by atoms with E-state index in [-0.39, 0.29) is 5.56 Å². The number of aromatic nitrogens is 1. The molecule has 0 bridgehead atoms. The van der Waals surface area contributed by atoms with Crippen LogP contribution >= 0.6 is 0 Å². The molecule has 2 aromatic carbocycles. The largest absolute Gasteiger partial charge is 0.422 e. The number of benzene rings is 2. The van der Waals surface area contributed by atoms with E-state index in [1.54, 1.807) is 24.4 Å². The molecule has 0 unspecified atom stereocenters. The normalized spacial score (nSPS) is 10.9. The van der Waals surface area contributed by atoms with Crippen molar-refractivity contribution in [3.8, 4) is 0 Å². The number of amides is 1. The van der Waals surface area contributed by atoms with Crippen molar-refractivity contribution in [1.29, 1.82) is 0 Å². The van der Waals surface area contributed by atoms with Crippen LogP contribution in [-0.2, 0) is 0 Å². The Labute approximate surface area is 142 Å². The lowest BCUT2D eigenvalue weighted by atomic mass is 10.0. The van der Waals surface area contributed by atoms with E-state index in [2.05, 4.69) is 10.3 Å². The van der Waals surface area contributed by atoms with Crippen LogP contribution in [0.2, 0.25) is 0 Å². The van der Waals surface area contributed by atoms with Gasteiger partial charge in [-0.1, -0.05) is 36.4 Å². The summed E-state index contributed by atoms with van der Waals surface area (Å²) >= 11 is 0. The van der Waals surface area contributed by atoms with E-state index in [1.165, 1.54) is 0 Å². The van der Waals surface area contributed by atoms with Crippen LogP contribution in [0.1, 0.15) is 15.9 Å². The Morgan fingerprint density at radius 3 is 2.72 bits per heavy atom. The summed E-state index contributed by atoms with van der Waals surface area (Å²) in [7, 11) is 0. The van der Waals surface area contributed by atoms with E-state index in [0.29, 0.717) is 11.4 Å². The van der Waals surface area contributed by atoms with E-state index in [9.17, 15) is 9.59 Å². The number of nitrogens with one attached hydrogen (secondary N) is 1. The molecule has 0 aliphatic carbocycles. The van der Waals surface area contributed by atoms with Gasteiger partial charge in [-0.05, 0) is 41.5 Å². The van der Waals surface area contributed by atoms with Gasteiger partial charge in [0, 0.05) is 11.6 Å². The van der Waals surface area contributed by atoms with E-state index in [1.807, 2.05) is 43.3 Å². The van der Waals surface area contributed by atoms with Gasteiger partial charge in [-0.25, -0.2) is 9.78 Å². The van der Waals surface area contributed by atoms with Crippen molar-refractivity contribution in [3.63, 3.8) is 0 Å². The molecule has 0 saturated carbocycles. The predicted octanol–water partition coefficient (Wildman–Crippen LogP) is 3.90. The van der Waals surface area contributed by atoms with Crippen LogP contribution < -0.4 is 10.9 Å². The van der Waals surface area contributed by atoms with Gasteiger partial charge in [-0.3, -0.25) is 4.79 Å². The number of nitrogens with zero attached hydrogens (tertiary/aromatic N) is 1. The molecule has 0 atom stereocenters. The zero-order valence-corrected chi connectivity index (χ0v) is 13.4. The molecule has 0 aliphatic rings. The fourth-order valence-electron chi connectivity index (χ4n) is 2.82. The first-order valence-electron chi connectivity index (χ1n) is 7.82. The second-order valence-corrected chi connectivity index (χ2v) is 5.77. The van der Waals surface area contributed by atoms with Crippen LogP contribution in [0.3, 0.4) is 0 Å². The van der Waals surface area contributed by atoms with Crippen molar-refractivity contribution in [2.75, 3.05) is 5.32 Å². The maximum atomic E-state index is 12.6. The Morgan fingerprint density at radius 2 is 1.88 bits per heavy atom. The highest BCUT2D eigenvalue weighted by atomic mass is 16.4. The molecule has 0 aliphatic heterocycles. The number of anilines is 1. The number of hydrogen-bond acceptors (Lipinski definition) is 4. The first kappa shape index (κ1) is 15.1. The fourth-order valence-corrected chi connectivity index (χ4v) is 2.82. The molecule has 0 radical (unpaired) electrons. The van der Waals surface area contributed by atoms with Gasteiger partial charge >= 0.3 is 5.63 Å². The lowest BCUT2D eigenvalue weighted by Gasteiger charge is -2.08. The molecule has 1 amide bonds. The highest BCUT2D eigenvalue weighted by Crippen LogP contribution is 2.25. The average molecular weight is 330 g/mol. The Bertz CT molecular complexity index is 1180. The first-order chi connectivity index (χ1) is 12.1. The van der Waals surface area contributed by atoms with Crippen LogP contribution in [-0.4, -0.2) is 10.9 Å². The summed E-state index contributed by atoms with van der Waals surface area (Å²) in [6, 6.07) is 16.6. The summed E-state index contributed by atoms with van der Waals surface area (Å²) in [5, 5.41) is 5.33. The summed E-state index contributed by atoms with van der Waals surface area (Å²) in [4.78, 5) is 28.9. The van der Waals surface area contributed by atoms with Crippen molar-refractivity contribution >= 4 is 33.5 Å². The summed E-state index contributed by atoms with van der Waals surface area (Å²) in [5.74, 6) is -0.115. The van der Waals surface area contributed by atoms with Gasteiger partial charge in [0.25, 0.3) is 5.91 Å². The van der Waals surface area contributed by atoms with Gasteiger partial charge in [0.2, 0.25) is 0 Å². The molecule has 4 aromatic rings. The molecule has 25 heavy (non-hydrogen) atoms. The van der Waals surface area contributed by atoms with Gasteiger partial charge in [0.1, 0.15) is 17.0 Å². The lowest BCUT2D eigenvalue weighted by Crippen LogP contribution is -2.21. The minimum absolute atomic E-state index is 0.0473. The summed E-state index contributed by atoms with van der Waals surface area (Å²) in [5.41, 5.74) is 0.545. The standard InChI is InChI=1S/C20H14N2O3/c1-12-5-4-10-21-18(12)22-19(23)16-11-15-14-7-3-2-6-13(14)8-9-17(15)25-20(16)24/h2-11H,1H3,(H,21,22,23). The third kappa shape index (κ3) is 2.65. The second-order valence-electron chi connectivity index (χ2n) is 5.77. The van der Waals surface area contributed by atoms with Crippen LogP contribution in [0.4, 0.5) is 5.82 Å². The van der Waals surface area contributed by atoms with Crippen LogP contribution in [0, 0.1) is 6.92 Å². The number of hydrogen-bond donors (Lipinski definition) is 1. The molecule has 0 spiro atoms. The molecule has 4 rings (SSSR count). The first-order valence-corrected chi connectivity index (χ1v) is 7.82. The molecule has 0 saturated heterocycles. The third-order valence-corrected chi connectivity index (χ3v) is 4.13. The number of carbonyl (C=O) groups excluding carboxylic acids is 1. The highest BCUT2D eigenvalue weighted by molar-refractivity contribution is 6.10. The molecule has 5 nitrogen and oxygen atoms in total. The van der Waals surface area contributed by atoms with E-state index >= 15 is 0 Å². The van der Waals surface area contributed by atoms with Crippen molar-refractivity contribution < 1.29 is 9.21 Å². The Morgan fingerprint density at radius 1 is 1.04 bits per heavy atom. The Balaban J connectivity index is 1.85. The van der Waals surface area contributed by atoms with Crippen molar-refractivity contribution in [3.05, 3.63) is 82.3 Å². The molecular weight excluding hydrogens is 316 g/mol. The van der Waals surface area contributed by atoms with Crippen molar-refractivity contribution in [1.82, 2.24) is 4.98 Å². The molecule has 2 aromatic heterocycles. The minimum Gasteiger partial charge on any atom is -0.422 e. The quantitative estimate of drug-likeness (QED) is 0.447. The van der Waals surface area contributed by atoms with Crippen LogP contribution in [0.25, 0.3) is 21.7 Å². The van der Waals surface area contributed by atoms with Gasteiger partial charge in [0.15, 0.2) is 0 Å². The molecule has 122 valence electrons. The van der Waals surface area contributed by atoms with E-state index < -0.39 is 11.5 Å². The number of carbonyl (C=O) groups is 1.